The van der Waals surface area contributed by atoms with Crippen molar-refractivity contribution in [2.45, 2.75) is 26.8 Å². The zero-order valence-electron chi connectivity index (χ0n) is 15.4. The SMILES string of the molecule is CCN1CCc2c(-c3ccccc3)cc(-c3ccc(C)nn3)c(N)c2C1. The van der Waals surface area contributed by atoms with Crippen LogP contribution in [0.25, 0.3) is 22.4 Å². The van der Waals surface area contributed by atoms with Gasteiger partial charge in [0.05, 0.1) is 11.4 Å². The van der Waals surface area contributed by atoms with Crippen LogP contribution in [-0.4, -0.2) is 28.2 Å². The van der Waals surface area contributed by atoms with Gasteiger partial charge in [-0.3, -0.25) is 4.90 Å². The van der Waals surface area contributed by atoms with E-state index in [1.54, 1.807) is 0 Å². The number of hydrogen-bond donors (Lipinski definition) is 1. The Balaban J connectivity index is 1.94. The Bertz CT molecular complexity index is 917. The molecular weight excluding hydrogens is 320 g/mol. The molecule has 0 saturated heterocycles. The normalized spacial score (nSPS) is 14.2. The van der Waals surface area contributed by atoms with E-state index in [-0.39, 0.29) is 0 Å². The average Bonchev–Trinajstić information content (AvgIpc) is 2.69. The van der Waals surface area contributed by atoms with E-state index in [0.717, 1.165) is 48.7 Å². The van der Waals surface area contributed by atoms with Gasteiger partial charge in [0.1, 0.15) is 0 Å². The summed E-state index contributed by atoms with van der Waals surface area (Å²) in [5, 5.41) is 8.61. The molecular formula is C22H24N4. The van der Waals surface area contributed by atoms with E-state index in [9.17, 15) is 0 Å². The molecule has 0 aliphatic carbocycles. The molecule has 0 amide bonds. The number of aryl methyl sites for hydroxylation is 1. The highest BCUT2D eigenvalue weighted by atomic mass is 15.1. The van der Waals surface area contributed by atoms with Gasteiger partial charge >= 0.3 is 0 Å². The minimum Gasteiger partial charge on any atom is -0.398 e. The van der Waals surface area contributed by atoms with Gasteiger partial charge in [-0.15, -0.1) is 0 Å². The third-order valence-electron chi connectivity index (χ3n) is 5.26. The zero-order chi connectivity index (χ0) is 18.1. The van der Waals surface area contributed by atoms with Gasteiger partial charge in [0.15, 0.2) is 0 Å². The van der Waals surface area contributed by atoms with Crippen LogP contribution in [0.5, 0.6) is 0 Å². The molecule has 2 aromatic carbocycles. The lowest BCUT2D eigenvalue weighted by Crippen LogP contribution is -2.31. The molecule has 2 heterocycles. The first-order chi connectivity index (χ1) is 12.7. The predicted octanol–water partition coefficient (Wildman–Crippen LogP) is 4.08. The van der Waals surface area contributed by atoms with Crippen molar-refractivity contribution in [3.63, 3.8) is 0 Å². The third kappa shape index (κ3) is 2.97. The van der Waals surface area contributed by atoms with Gasteiger partial charge in [-0.2, -0.15) is 10.2 Å². The second kappa shape index (κ2) is 6.89. The number of benzene rings is 2. The van der Waals surface area contributed by atoms with Crippen molar-refractivity contribution in [3.8, 4) is 22.4 Å². The summed E-state index contributed by atoms with van der Waals surface area (Å²) in [6, 6.07) is 16.8. The van der Waals surface area contributed by atoms with Crippen molar-refractivity contribution in [1.82, 2.24) is 15.1 Å². The fourth-order valence-corrected chi connectivity index (χ4v) is 3.74. The van der Waals surface area contributed by atoms with Crippen molar-refractivity contribution >= 4 is 5.69 Å². The Morgan fingerprint density at radius 3 is 2.50 bits per heavy atom. The van der Waals surface area contributed by atoms with Crippen LogP contribution < -0.4 is 5.73 Å². The zero-order valence-corrected chi connectivity index (χ0v) is 15.4. The van der Waals surface area contributed by atoms with Crippen molar-refractivity contribution in [3.05, 3.63) is 65.4 Å². The lowest BCUT2D eigenvalue weighted by Gasteiger charge is -2.31. The first-order valence-electron chi connectivity index (χ1n) is 9.20. The van der Waals surface area contributed by atoms with Crippen LogP contribution in [0.15, 0.2) is 48.5 Å². The number of fused-ring (bicyclic) bond motifs is 1. The molecule has 0 bridgehead atoms. The molecule has 0 saturated carbocycles. The summed E-state index contributed by atoms with van der Waals surface area (Å²) in [7, 11) is 0. The minimum atomic E-state index is 0.835. The fraction of sp³-hybridized carbons (Fsp3) is 0.273. The largest absolute Gasteiger partial charge is 0.398 e. The number of aromatic nitrogens is 2. The fourth-order valence-electron chi connectivity index (χ4n) is 3.74. The number of hydrogen-bond acceptors (Lipinski definition) is 4. The van der Waals surface area contributed by atoms with E-state index in [2.05, 4.69) is 58.4 Å². The topological polar surface area (TPSA) is 55.0 Å². The molecule has 4 nitrogen and oxygen atoms in total. The summed E-state index contributed by atoms with van der Waals surface area (Å²) in [5.74, 6) is 0. The van der Waals surface area contributed by atoms with Gasteiger partial charge in [0.2, 0.25) is 0 Å². The van der Waals surface area contributed by atoms with Crippen molar-refractivity contribution in [2.24, 2.45) is 0 Å². The molecule has 0 spiro atoms. The summed E-state index contributed by atoms with van der Waals surface area (Å²) in [4.78, 5) is 2.44. The molecule has 1 aliphatic rings. The number of anilines is 1. The van der Waals surface area contributed by atoms with Crippen molar-refractivity contribution < 1.29 is 0 Å². The third-order valence-corrected chi connectivity index (χ3v) is 5.26. The van der Waals surface area contributed by atoms with Crippen molar-refractivity contribution in [2.75, 3.05) is 18.8 Å². The Labute approximate surface area is 154 Å². The summed E-state index contributed by atoms with van der Waals surface area (Å²) in [6.45, 7) is 7.15. The molecule has 4 heteroatoms. The molecule has 132 valence electrons. The first-order valence-corrected chi connectivity index (χ1v) is 9.20. The Kier molecular flexibility index (Phi) is 4.43. The number of rotatable bonds is 3. The van der Waals surface area contributed by atoms with E-state index in [4.69, 9.17) is 5.73 Å². The number of nitrogens with zero attached hydrogens (tertiary/aromatic N) is 3. The lowest BCUT2D eigenvalue weighted by atomic mass is 9.86. The maximum Gasteiger partial charge on any atom is 0.0950 e. The highest BCUT2D eigenvalue weighted by Crippen LogP contribution is 2.39. The van der Waals surface area contributed by atoms with E-state index in [0.29, 0.717) is 0 Å². The number of likely N-dealkylation sites (N-methyl/N-ethyl adjacent to an activating group) is 1. The Morgan fingerprint density at radius 2 is 1.81 bits per heavy atom. The van der Waals surface area contributed by atoms with Crippen molar-refractivity contribution in [1.29, 1.82) is 0 Å². The smallest absolute Gasteiger partial charge is 0.0950 e. The molecule has 26 heavy (non-hydrogen) atoms. The van der Waals surface area contributed by atoms with E-state index in [1.165, 1.54) is 22.3 Å². The summed E-state index contributed by atoms with van der Waals surface area (Å²) in [6.07, 6.45) is 1.03. The monoisotopic (exact) mass is 344 g/mol. The molecule has 0 radical (unpaired) electrons. The first kappa shape index (κ1) is 16.7. The van der Waals surface area contributed by atoms with Gasteiger partial charge in [0, 0.05) is 24.3 Å². The van der Waals surface area contributed by atoms with Crippen LogP contribution in [0.1, 0.15) is 23.7 Å². The van der Waals surface area contributed by atoms with Gasteiger partial charge < -0.3 is 5.73 Å². The molecule has 0 fully saturated rings. The lowest BCUT2D eigenvalue weighted by molar-refractivity contribution is 0.269. The second-order valence-electron chi connectivity index (χ2n) is 6.89. The Morgan fingerprint density at radius 1 is 1.00 bits per heavy atom. The maximum atomic E-state index is 6.64. The molecule has 1 aliphatic heterocycles. The van der Waals surface area contributed by atoms with Crippen LogP contribution in [0.4, 0.5) is 5.69 Å². The van der Waals surface area contributed by atoms with E-state index >= 15 is 0 Å². The Hall–Kier alpha value is -2.72. The number of nitrogens with two attached hydrogens (primary N) is 1. The van der Waals surface area contributed by atoms with E-state index in [1.807, 2.05) is 19.1 Å². The summed E-state index contributed by atoms with van der Waals surface area (Å²) >= 11 is 0. The van der Waals surface area contributed by atoms with E-state index < -0.39 is 0 Å². The predicted molar refractivity (Wildman–Crippen MR) is 107 cm³/mol. The molecule has 3 aromatic rings. The highest BCUT2D eigenvalue weighted by molar-refractivity contribution is 5.85. The van der Waals surface area contributed by atoms with Gasteiger partial charge in [-0.05, 0) is 60.3 Å². The molecule has 1 aromatic heterocycles. The standard InChI is InChI=1S/C22H24N4/c1-3-26-12-11-17-18(16-7-5-4-6-8-16)13-19(22(23)20(17)14-26)21-10-9-15(2)24-25-21/h4-10,13H,3,11-12,14,23H2,1-2H3. The summed E-state index contributed by atoms with van der Waals surface area (Å²) < 4.78 is 0. The molecule has 0 unspecified atom stereocenters. The van der Waals surface area contributed by atoms with Gasteiger partial charge in [-0.1, -0.05) is 37.3 Å². The van der Waals surface area contributed by atoms with Crippen LogP contribution >= 0.6 is 0 Å². The molecule has 0 atom stereocenters. The second-order valence-corrected chi connectivity index (χ2v) is 6.89. The van der Waals surface area contributed by atoms with Crippen LogP contribution in [0.3, 0.4) is 0 Å². The quantitative estimate of drug-likeness (QED) is 0.728. The van der Waals surface area contributed by atoms with Crippen LogP contribution in [-0.2, 0) is 13.0 Å². The minimum absolute atomic E-state index is 0.835. The molecule has 4 rings (SSSR count). The van der Waals surface area contributed by atoms with Gasteiger partial charge in [0.25, 0.3) is 0 Å². The van der Waals surface area contributed by atoms with Crippen LogP contribution in [0.2, 0.25) is 0 Å². The van der Waals surface area contributed by atoms with Crippen LogP contribution in [0, 0.1) is 6.92 Å². The van der Waals surface area contributed by atoms with Gasteiger partial charge in [-0.25, -0.2) is 0 Å². The molecule has 2 N–H and O–H groups in total. The summed E-state index contributed by atoms with van der Waals surface area (Å²) in [5.41, 5.74) is 15.3. The highest BCUT2D eigenvalue weighted by Gasteiger charge is 2.24. The maximum absolute atomic E-state index is 6.64. The average molecular weight is 344 g/mol. The number of nitrogen functional groups attached to an aromatic ring is 1.